The van der Waals surface area contributed by atoms with E-state index in [9.17, 15) is 24.3 Å². The smallest absolute Gasteiger partial charge is 0.347 e. The van der Waals surface area contributed by atoms with Gasteiger partial charge in [-0.25, -0.2) is 19.2 Å². The summed E-state index contributed by atoms with van der Waals surface area (Å²) in [4.78, 5) is 45.7. The fourth-order valence-electron chi connectivity index (χ4n) is 2.27. The molecule has 1 aromatic rings. The molecule has 0 saturated carbocycles. The second-order valence-corrected chi connectivity index (χ2v) is 4.55. The second kappa shape index (κ2) is 5.80. The normalized spacial score (nSPS) is 12.6. The fourth-order valence-corrected chi connectivity index (χ4v) is 2.27. The molecule has 1 heterocycles. The Bertz CT molecular complexity index is 715. The topological polar surface area (TPSA) is 107 Å². The zero-order chi connectivity index (χ0) is 16.4. The molecule has 0 radical (unpaired) electrons. The van der Waals surface area contributed by atoms with Gasteiger partial charge < -0.3 is 14.6 Å². The quantitative estimate of drug-likeness (QED) is 0.496. The summed E-state index contributed by atoms with van der Waals surface area (Å²) in [5, 5.41) is 9.19. The lowest BCUT2D eigenvalue weighted by Crippen LogP contribution is -2.12. The van der Waals surface area contributed by atoms with Crippen molar-refractivity contribution in [3.63, 3.8) is 0 Å². The first-order valence-electron chi connectivity index (χ1n) is 6.32. The number of hydrogen-bond donors (Lipinski definition) is 1. The molecule has 7 nitrogen and oxygen atoms in total. The van der Waals surface area contributed by atoms with Crippen LogP contribution < -0.4 is 0 Å². The van der Waals surface area contributed by atoms with E-state index in [0.29, 0.717) is 11.1 Å². The number of esters is 3. The van der Waals surface area contributed by atoms with E-state index >= 15 is 0 Å². The van der Waals surface area contributed by atoms with Crippen molar-refractivity contribution in [3.8, 4) is 0 Å². The summed E-state index contributed by atoms with van der Waals surface area (Å²) in [6.45, 7) is 4.69. The minimum Gasteiger partial charge on any atom is -0.478 e. The monoisotopic (exact) mass is 304 g/mol. The van der Waals surface area contributed by atoms with E-state index in [-0.39, 0.29) is 29.7 Å². The van der Waals surface area contributed by atoms with Gasteiger partial charge in [0.1, 0.15) is 0 Å². The molecule has 0 amide bonds. The van der Waals surface area contributed by atoms with Crippen LogP contribution in [0.2, 0.25) is 0 Å². The van der Waals surface area contributed by atoms with Crippen molar-refractivity contribution in [2.75, 3.05) is 6.61 Å². The van der Waals surface area contributed by atoms with Crippen LogP contribution in [0.4, 0.5) is 0 Å². The van der Waals surface area contributed by atoms with Crippen LogP contribution in [0.5, 0.6) is 0 Å². The number of fused-ring (bicyclic) bond motifs is 1. The predicted molar refractivity (Wildman–Crippen MR) is 72.7 cm³/mol. The van der Waals surface area contributed by atoms with Gasteiger partial charge in [-0.2, -0.15) is 0 Å². The molecule has 22 heavy (non-hydrogen) atoms. The minimum absolute atomic E-state index is 0.0298. The number of carboxylic acid groups (broad SMARTS) is 1. The van der Waals surface area contributed by atoms with Crippen LogP contribution in [0, 0.1) is 6.92 Å². The summed E-state index contributed by atoms with van der Waals surface area (Å²) in [7, 11) is 0. The van der Waals surface area contributed by atoms with Crippen LogP contribution in [0.25, 0.3) is 0 Å². The summed E-state index contributed by atoms with van der Waals surface area (Å²) in [5.74, 6) is -3.57. The first-order chi connectivity index (χ1) is 10.4. The second-order valence-electron chi connectivity index (χ2n) is 4.55. The summed E-state index contributed by atoms with van der Waals surface area (Å²) in [6.07, 6.45) is 1.07. The number of carbonyl (C=O) groups excluding carboxylic acids is 3. The molecule has 1 aliphatic rings. The Morgan fingerprint density at radius 2 is 2.05 bits per heavy atom. The van der Waals surface area contributed by atoms with E-state index < -0.39 is 23.9 Å². The van der Waals surface area contributed by atoms with Crippen molar-refractivity contribution in [3.05, 3.63) is 46.5 Å². The number of cyclic esters (lactones) is 2. The molecule has 1 aliphatic heterocycles. The first-order valence-corrected chi connectivity index (χ1v) is 6.32. The van der Waals surface area contributed by atoms with Gasteiger partial charge in [-0.1, -0.05) is 6.58 Å². The Morgan fingerprint density at radius 1 is 1.36 bits per heavy atom. The first kappa shape index (κ1) is 15.4. The molecule has 114 valence electrons. The van der Waals surface area contributed by atoms with Crippen LogP contribution in [0.15, 0.2) is 18.7 Å². The molecule has 1 aromatic carbocycles. The van der Waals surface area contributed by atoms with Crippen molar-refractivity contribution in [1.29, 1.82) is 0 Å². The Balaban J connectivity index is 2.46. The molecule has 0 spiro atoms. The number of ether oxygens (including phenoxy) is 2. The molecular formula is C15H12O7. The molecular weight excluding hydrogens is 292 g/mol. The predicted octanol–water partition coefficient (Wildman–Crippen LogP) is 1.28. The van der Waals surface area contributed by atoms with Crippen molar-refractivity contribution >= 4 is 23.9 Å². The zero-order valence-electron chi connectivity index (χ0n) is 11.7. The Labute approximate surface area is 125 Å². The fraction of sp³-hybridized carbons (Fsp3) is 0.200. The molecule has 0 aliphatic carbocycles. The summed E-state index contributed by atoms with van der Waals surface area (Å²) in [6, 6.07) is 1.12. The summed E-state index contributed by atoms with van der Waals surface area (Å²) >= 11 is 0. The molecule has 0 bridgehead atoms. The van der Waals surface area contributed by atoms with E-state index in [0.717, 1.165) is 12.1 Å². The Kier molecular flexibility index (Phi) is 4.07. The third-order valence-electron chi connectivity index (χ3n) is 3.32. The van der Waals surface area contributed by atoms with Gasteiger partial charge in [-0.05, 0) is 24.1 Å². The van der Waals surface area contributed by atoms with Crippen LogP contribution in [-0.2, 0) is 20.7 Å². The van der Waals surface area contributed by atoms with Gasteiger partial charge in [0, 0.05) is 12.5 Å². The van der Waals surface area contributed by atoms with Gasteiger partial charge in [0.25, 0.3) is 0 Å². The molecule has 0 fully saturated rings. The lowest BCUT2D eigenvalue weighted by Gasteiger charge is -2.12. The summed E-state index contributed by atoms with van der Waals surface area (Å²) in [5.41, 5.74) is 0.491. The SMILES string of the molecule is C=CC(=O)OCCc1c(C)c(C(=O)O)cc2c1C(=O)OC2=O. The Hall–Kier alpha value is -2.96. The molecule has 0 saturated heterocycles. The minimum atomic E-state index is -1.23. The molecule has 0 unspecified atom stereocenters. The molecule has 2 rings (SSSR count). The third-order valence-corrected chi connectivity index (χ3v) is 3.32. The van der Waals surface area contributed by atoms with Crippen LogP contribution in [0.3, 0.4) is 0 Å². The largest absolute Gasteiger partial charge is 0.478 e. The van der Waals surface area contributed by atoms with Gasteiger partial charge in [-0.15, -0.1) is 0 Å². The van der Waals surface area contributed by atoms with Gasteiger partial charge in [0.2, 0.25) is 0 Å². The molecule has 7 heteroatoms. The Morgan fingerprint density at radius 3 is 2.64 bits per heavy atom. The van der Waals surface area contributed by atoms with Gasteiger partial charge in [0.05, 0.1) is 23.3 Å². The molecule has 1 N–H and O–H groups in total. The lowest BCUT2D eigenvalue weighted by atomic mass is 9.91. The molecule has 0 aromatic heterocycles. The van der Waals surface area contributed by atoms with Gasteiger partial charge in [-0.3, -0.25) is 0 Å². The van der Waals surface area contributed by atoms with Crippen LogP contribution in [-0.4, -0.2) is 35.6 Å². The van der Waals surface area contributed by atoms with E-state index in [1.165, 1.54) is 6.92 Å². The number of aromatic carboxylic acids is 1. The van der Waals surface area contributed by atoms with Crippen LogP contribution >= 0.6 is 0 Å². The van der Waals surface area contributed by atoms with Gasteiger partial charge in [0.15, 0.2) is 0 Å². The maximum absolute atomic E-state index is 11.8. The van der Waals surface area contributed by atoms with Crippen LogP contribution in [0.1, 0.15) is 42.2 Å². The third kappa shape index (κ3) is 2.60. The number of carbonyl (C=O) groups is 4. The van der Waals surface area contributed by atoms with Gasteiger partial charge >= 0.3 is 23.9 Å². The van der Waals surface area contributed by atoms with E-state index in [2.05, 4.69) is 11.3 Å². The number of benzene rings is 1. The van der Waals surface area contributed by atoms with E-state index in [1.54, 1.807) is 0 Å². The zero-order valence-corrected chi connectivity index (χ0v) is 11.7. The highest BCUT2D eigenvalue weighted by Gasteiger charge is 2.35. The van der Waals surface area contributed by atoms with Crippen molar-refractivity contribution in [2.45, 2.75) is 13.3 Å². The number of carboxylic acids is 1. The highest BCUT2D eigenvalue weighted by atomic mass is 16.6. The molecule has 0 atom stereocenters. The van der Waals surface area contributed by atoms with Crippen molar-refractivity contribution in [1.82, 2.24) is 0 Å². The number of rotatable bonds is 5. The standard InChI is InChI=1S/C15H12O7/c1-3-11(16)21-5-4-8-7(2)9(13(17)18)6-10-12(8)15(20)22-14(10)19/h3,6H,1,4-5H2,2H3,(H,17,18). The van der Waals surface area contributed by atoms with Crippen molar-refractivity contribution in [2.24, 2.45) is 0 Å². The van der Waals surface area contributed by atoms with E-state index in [4.69, 9.17) is 4.74 Å². The lowest BCUT2D eigenvalue weighted by molar-refractivity contribution is -0.137. The average molecular weight is 304 g/mol. The summed E-state index contributed by atoms with van der Waals surface area (Å²) < 4.78 is 9.35. The highest BCUT2D eigenvalue weighted by Crippen LogP contribution is 2.29. The van der Waals surface area contributed by atoms with E-state index in [1.807, 2.05) is 0 Å². The maximum atomic E-state index is 11.8. The maximum Gasteiger partial charge on any atom is 0.347 e. The number of hydrogen-bond acceptors (Lipinski definition) is 6. The average Bonchev–Trinajstić information content (AvgIpc) is 2.74. The van der Waals surface area contributed by atoms with Crippen molar-refractivity contribution < 1.29 is 33.8 Å². The highest BCUT2D eigenvalue weighted by molar-refractivity contribution is 6.16.